The van der Waals surface area contributed by atoms with Crippen molar-refractivity contribution in [2.45, 2.75) is 43.4 Å². The first kappa shape index (κ1) is 15.8. The minimum Gasteiger partial charge on any atom is -0.335 e. The number of hydrogen-bond acceptors (Lipinski definition) is 2. The Labute approximate surface area is 116 Å². The van der Waals surface area contributed by atoms with Gasteiger partial charge in [-0.2, -0.15) is 8.78 Å². The molecule has 1 atom stereocenters. The van der Waals surface area contributed by atoms with E-state index in [9.17, 15) is 13.6 Å². The molecule has 0 heterocycles. The summed E-state index contributed by atoms with van der Waals surface area (Å²) in [5, 5.41) is 5.36. The van der Waals surface area contributed by atoms with Gasteiger partial charge in [0.15, 0.2) is 0 Å². The molecule has 2 N–H and O–H groups in total. The Morgan fingerprint density at radius 1 is 1.37 bits per heavy atom. The molecule has 0 radical (unpaired) electrons. The fourth-order valence-corrected chi connectivity index (χ4v) is 2.25. The summed E-state index contributed by atoms with van der Waals surface area (Å²) in [6, 6.07) is 6.20. The molecule has 1 rings (SSSR count). The lowest BCUT2D eigenvalue weighted by Gasteiger charge is -2.15. The van der Waals surface area contributed by atoms with Gasteiger partial charge >= 0.3 is 6.03 Å². The van der Waals surface area contributed by atoms with Gasteiger partial charge in [-0.1, -0.05) is 37.2 Å². The Morgan fingerprint density at radius 3 is 2.68 bits per heavy atom. The van der Waals surface area contributed by atoms with Crippen LogP contribution in [0.3, 0.4) is 0 Å². The molecule has 0 aliphatic rings. The summed E-state index contributed by atoms with van der Waals surface area (Å²) >= 11 is 0.420. The molecule has 19 heavy (non-hydrogen) atoms. The maximum absolute atomic E-state index is 12.4. The average Bonchev–Trinajstić information content (AvgIpc) is 2.31. The lowest BCUT2D eigenvalue weighted by Crippen LogP contribution is -2.36. The Hall–Kier alpha value is -1.30. The molecule has 6 heteroatoms. The molecule has 3 nitrogen and oxygen atoms in total. The van der Waals surface area contributed by atoms with Gasteiger partial charge in [-0.25, -0.2) is 4.79 Å². The van der Waals surface area contributed by atoms with Gasteiger partial charge in [0.2, 0.25) is 0 Å². The summed E-state index contributed by atoms with van der Waals surface area (Å²) in [5.41, 5.74) is 0.397. The van der Waals surface area contributed by atoms with Crippen LogP contribution in [0.5, 0.6) is 0 Å². The molecule has 0 unspecified atom stereocenters. The molecule has 1 aromatic rings. The Kier molecular flexibility index (Phi) is 6.62. The number of carbonyl (C=O) groups excluding carboxylic acids is 1. The zero-order valence-corrected chi connectivity index (χ0v) is 11.8. The number of amides is 2. The van der Waals surface area contributed by atoms with Gasteiger partial charge in [-0.3, -0.25) is 0 Å². The molecule has 0 saturated carbocycles. The molecule has 0 aliphatic heterocycles. The van der Waals surface area contributed by atoms with Crippen LogP contribution < -0.4 is 10.6 Å². The fraction of sp³-hybridized carbons (Fsp3) is 0.462. The molecule has 0 aliphatic carbocycles. The van der Waals surface area contributed by atoms with Crippen molar-refractivity contribution in [2.24, 2.45) is 0 Å². The number of rotatable bonds is 6. The van der Waals surface area contributed by atoms with Crippen molar-refractivity contribution in [3.63, 3.8) is 0 Å². The van der Waals surface area contributed by atoms with E-state index in [4.69, 9.17) is 0 Å². The van der Waals surface area contributed by atoms with E-state index in [0.717, 1.165) is 12.8 Å². The van der Waals surface area contributed by atoms with Gasteiger partial charge in [0.1, 0.15) is 0 Å². The molecular weight excluding hydrogens is 270 g/mol. The second-order valence-corrected chi connectivity index (χ2v) is 5.19. The summed E-state index contributed by atoms with van der Waals surface area (Å²) in [7, 11) is 0. The van der Waals surface area contributed by atoms with Gasteiger partial charge in [0.05, 0.1) is 5.69 Å². The van der Waals surface area contributed by atoms with E-state index >= 15 is 0 Å². The van der Waals surface area contributed by atoms with Crippen LogP contribution in [0, 0.1) is 0 Å². The second kappa shape index (κ2) is 7.99. The van der Waals surface area contributed by atoms with Crippen molar-refractivity contribution in [2.75, 3.05) is 5.32 Å². The number of para-hydroxylation sites is 1. The van der Waals surface area contributed by atoms with Crippen LogP contribution in [0.25, 0.3) is 0 Å². The Balaban J connectivity index is 2.63. The zero-order valence-electron chi connectivity index (χ0n) is 11.0. The maximum Gasteiger partial charge on any atom is 0.319 e. The lowest BCUT2D eigenvalue weighted by atomic mass is 10.2. The molecule has 0 spiro atoms. The van der Waals surface area contributed by atoms with Crippen LogP contribution in [-0.4, -0.2) is 17.8 Å². The van der Waals surface area contributed by atoms with Crippen molar-refractivity contribution in [3.8, 4) is 0 Å². The second-order valence-electron chi connectivity index (χ2n) is 4.16. The summed E-state index contributed by atoms with van der Waals surface area (Å²) in [5.74, 6) is -2.51. The standard InChI is InChI=1S/C13H18F2N2OS/c1-3-6-9(2)16-13(18)17-10-7-4-5-8-11(10)19-12(14)15/h4-5,7-9,12H,3,6H2,1-2H3,(H2,16,17,18)/t9-/m0/s1. The Morgan fingerprint density at radius 2 is 2.05 bits per heavy atom. The molecule has 0 fully saturated rings. The minimum absolute atomic E-state index is 0.0555. The number of nitrogens with one attached hydrogen (secondary N) is 2. The average molecular weight is 288 g/mol. The van der Waals surface area contributed by atoms with Gasteiger partial charge in [-0.15, -0.1) is 0 Å². The predicted molar refractivity (Wildman–Crippen MR) is 74.8 cm³/mol. The summed E-state index contributed by atoms with van der Waals surface area (Å²) < 4.78 is 24.8. The van der Waals surface area contributed by atoms with E-state index in [1.807, 2.05) is 13.8 Å². The normalized spacial score (nSPS) is 12.3. The molecule has 1 aromatic carbocycles. The van der Waals surface area contributed by atoms with Crippen LogP contribution in [0.4, 0.5) is 19.3 Å². The van der Waals surface area contributed by atoms with Crippen LogP contribution in [0.2, 0.25) is 0 Å². The number of carbonyl (C=O) groups is 1. The number of alkyl halides is 2. The number of thioether (sulfide) groups is 1. The van der Waals surface area contributed by atoms with Gasteiger partial charge < -0.3 is 10.6 Å². The van der Waals surface area contributed by atoms with E-state index in [2.05, 4.69) is 10.6 Å². The van der Waals surface area contributed by atoms with Crippen LogP contribution in [0.15, 0.2) is 29.2 Å². The number of hydrogen-bond donors (Lipinski definition) is 2. The lowest BCUT2D eigenvalue weighted by molar-refractivity contribution is 0.248. The van der Waals surface area contributed by atoms with Crippen LogP contribution >= 0.6 is 11.8 Å². The first-order chi connectivity index (χ1) is 9.02. The van der Waals surface area contributed by atoms with E-state index in [1.165, 1.54) is 0 Å². The van der Waals surface area contributed by atoms with Crippen LogP contribution in [0.1, 0.15) is 26.7 Å². The monoisotopic (exact) mass is 288 g/mol. The van der Waals surface area contributed by atoms with Crippen molar-refractivity contribution < 1.29 is 13.6 Å². The number of benzene rings is 1. The maximum atomic E-state index is 12.4. The topological polar surface area (TPSA) is 41.1 Å². The van der Waals surface area contributed by atoms with Gasteiger partial charge in [0, 0.05) is 10.9 Å². The molecular formula is C13H18F2N2OS. The first-order valence-corrected chi connectivity index (χ1v) is 7.02. The molecule has 0 bridgehead atoms. The van der Waals surface area contributed by atoms with Crippen molar-refractivity contribution in [1.29, 1.82) is 0 Å². The number of urea groups is 1. The van der Waals surface area contributed by atoms with Crippen molar-refractivity contribution >= 4 is 23.5 Å². The summed E-state index contributed by atoms with van der Waals surface area (Å²) in [6.07, 6.45) is 1.85. The van der Waals surface area contributed by atoms with E-state index < -0.39 is 5.76 Å². The Bertz CT molecular complexity index is 415. The number of halogens is 2. The van der Waals surface area contributed by atoms with Crippen LogP contribution in [-0.2, 0) is 0 Å². The molecule has 0 saturated heterocycles. The SMILES string of the molecule is CCC[C@H](C)NC(=O)Nc1ccccc1SC(F)F. The third-order valence-electron chi connectivity index (χ3n) is 2.45. The van der Waals surface area contributed by atoms with E-state index in [-0.39, 0.29) is 12.1 Å². The van der Waals surface area contributed by atoms with E-state index in [1.54, 1.807) is 24.3 Å². The van der Waals surface area contributed by atoms with Gasteiger partial charge in [-0.05, 0) is 25.5 Å². The third kappa shape index (κ3) is 5.92. The molecule has 2 amide bonds. The highest BCUT2D eigenvalue weighted by Gasteiger charge is 2.12. The summed E-state index contributed by atoms with van der Waals surface area (Å²) in [4.78, 5) is 12.1. The quantitative estimate of drug-likeness (QED) is 0.766. The van der Waals surface area contributed by atoms with Crippen molar-refractivity contribution in [3.05, 3.63) is 24.3 Å². The highest BCUT2D eigenvalue weighted by molar-refractivity contribution is 7.99. The van der Waals surface area contributed by atoms with Gasteiger partial charge in [0.25, 0.3) is 5.76 Å². The smallest absolute Gasteiger partial charge is 0.319 e. The summed E-state index contributed by atoms with van der Waals surface area (Å²) in [6.45, 7) is 3.94. The predicted octanol–water partition coefficient (Wildman–Crippen LogP) is 4.31. The fourth-order valence-electron chi connectivity index (χ4n) is 1.66. The largest absolute Gasteiger partial charge is 0.335 e. The minimum atomic E-state index is -2.51. The molecule has 106 valence electrons. The zero-order chi connectivity index (χ0) is 14.3. The van der Waals surface area contributed by atoms with Crippen molar-refractivity contribution in [1.82, 2.24) is 5.32 Å². The highest BCUT2D eigenvalue weighted by Crippen LogP contribution is 2.31. The highest BCUT2D eigenvalue weighted by atomic mass is 32.2. The number of anilines is 1. The van der Waals surface area contributed by atoms with E-state index in [0.29, 0.717) is 22.3 Å². The first-order valence-electron chi connectivity index (χ1n) is 6.14. The molecule has 0 aromatic heterocycles. The third-order valence-corrected chi connectivity index (χ3v) is 3.24.